The van der Waals surface area contributed by atoms with Gasteiger partial charge >= 0.3 is 0 Å². The number of sulfonamides is 1. The number of nitrogens with zero attached hydrogens (tertiary/aromatic N) is 1. The fourth-order valence-corrected chi connectivity index (χ4v) is 3.77. The van der Waals surface area contributed by atoms with Crippen LogP contribution in [-0.2, 0) is 14.8 Å². The highest BCUT2D eigenvalue weighted by Crippen LogP contribution is 2.27. The maximum atomic E-state index is 12.4. The standard InChI is InChI=1S/C14H21NO5S/c1-14(16)7-8-15(11-14)21(17,18)13-5-3-12(4-6-13)20-10-9-19-2/h3-6,16H,7-11H2,1-2H3. The summed E-state index contributed by atoms with van der Waals surface area (Å²) in [5.41, 5.74) is -0.948. The first-order valence-corrected chi connectivity index (χ1v) is 8.23. The van der Waals surface area contributed by atoms with Crippen molar-refractivity contribution in [2.24, 2.45) is 0 Å². The van der Waals surface area contributed by atoms with E-state index in [1.807, 2.05) is 0 Å². The Balaban J connectivity index is 2.07. The van der Waals surface area contributed by atoms with Gasteiger partial charge in [0.2, 0.25) is 10.0 Å². The Kier molecular flexibility index (Phi) is 4.88. The van der Waals surface area contributed by atoms with Crippen molar-refractivity contribution in [3.63, 3.8) is 0 Å². The van der Waals surface area contributed by atoms with Crippen LogP contribution in [0.2, 0.25) is 0 Å². The van der Waals surface area contributed by atoms with Gasteiger partial charge in [-0.05, 0) is 37.6 Å². The van der Waals surface area contributed by atoms with Crippen LogP contribution in [0.1, 0.15) is 13.3 Å². The lowest BCUT2D eigenvalue weighted by Gasteiger charge is -2.19. The maximum absolute atomic E-state index is 12.4. The van der Waals surface area contributed by atoms with Gasteiger partial charge in [-0.2, -0.15) is 4.31 Å². The third kappa shape index (κ3) is 3.94. The highest BCUT2D eigenvalue weighted by atomic mass is 32.2. The van der Waals surface area contributed by atoms with Crippen LogP contribution in [-0.4, -0.2) is 56.8 Å². The summed E-state index contributed by atoms with van der Waals surface area (Å²) >= 11 is 0. The number of rotatable bonds is 6. The molecule has 21 heavy (non-hydrogen) atoms. The Bertz CT molecular complexity index is 568. The van der Waals surface area contributed by atoms with Gasteiger partial charge in [0, 0.05) is 20.2 Å². The van der Waals surface area contributed by atoms with Crippen LogP contribution in [0.25, 0.3) is 0 Å². The minimum absolute atomic E-state index is 0.126. The van der Waals surface area contributed by atoms with Crippen LogP contribution >= 0.6 is 0 Å². The van der Waals surface area contributed by atoms with Crippen molar-refractivity contribution in [1.29, 1.82) is 0 Å². The van der Waals surface area contributed by atoms with E-state index in [0.29, 0.717) is 31.9 Å². The van der Waals surface area contributed by atoms with Crippen LogP contribution in [0.4, 0.5) is 0 Å². The van der Waals surface area contributed by atoms with Gasteiger partial charge in [-0.25, -0.2) is 8.42 Å². The molecular weight excluding hydrogens is 294 g/mol. The van der Waals surface area contributed by atoms with Crippen molar-refractivity contribution >= 4 is 10.0 Å². The lowest BCUT2D eigenvalue weighted by molar-refractivity contribution is 0.0762. The number of β-amino-alcohol motifs (C(OH)–C–C–N with tert-alkyl or cyclic N) is 1. The van der Waals surface area contributed by atoms with Crippen molar-refractivity contribution in [2.45, 2.75) is 23.8 Å². The average molecular weight is 315 g/mol. The largest absolute Gasteiger partial charge is 0.491 e. The van der Waals surface area contributed by atoms with Gasteiger partial charge in [-0.1, -0.05) is 0 Å². The van der Waals surface area contributed by atoms with E-state index in [1.165, 1.54) is 16.4 Å². The zero-order valence-electron chi connectivity index (χ0n) is 12.3. The zero-order valence-corrected chi connectivity index (χ0v) is 13.1. The highest BCUT2D eigenvalue weighted by Gasteiger charge is 2.38. The molecule has 1 unspecified atom stereocenters. The van der Waals surface area contributed by atoms with Crippen LogP contribution in [0.15, 0.2) is 29.2 Å². The molecule has 1 aliphatic rings. The van der Waals surface area contributed by atoms with E-state index in [9.17, 15) is 13.5 Å². The van der Waals surface area contributed by atoms with Crippen molar-refractivity contribution in [2.75, 3.05) is 33.4 Å². The molecule has 6 nitrogen and oxygen atoms in total. The van der Waals surface area contributed by atoms with Gasteiger partial charge in [0.15, 0.2) is 0 Å². The van der Waals surface area contributed by atoms with Crippen LogP contribution < -0.4 is 4.74 Å². The minimum Gasteiger partial charge on any atom is -0.491 e. The summed E-state index contributed by atoms with van der Waals surface area (Å²) in [7, 11) is -1.97. The topological polar surface area (TPSA) is 76.1 Å². The third-order valence-corrected chi connectivity index (χ3v) is 5.29. The summed E-state index contributed by atoms with van der Waals surface area (Å²) in [5, 5.41) is 9.90. The molecule has 2 rings (SSSR count). The third-order valence-electron chi connectivity index (χ3n) is 3.43. The number of benzene rings is 1. The minimum atomic E-state index is -3.56. The molecule has 1 atom stereocenters. The van der Waals surface area contributed by atoms with E-state index in [-0.39, 0.29) is 11.4 Å². The number of ether oxygens (including phenoxy) is 2. The van der Waals surface area contributed by atoms with Gasteiger partial charge < -0.3 is 14.6 Å². The Labute approximate surface area is 125 Å². The molecule has 1 fully saturated rings. The molecule has 1 N–H and O–H groups in total. The first kappa shape index (κ1) is 16.2. The predicted molar refractivity (Wildman–Crippen MR) is 77.8 cm³/mol. The Morgan fingerprint density at radius 1 is 1.29 bits per heavy atom. The molecule has 0 amide bonds. The van der Waals surface area contributed by atoms with Crippen LogP contribution in [0.5, 0.6) is 5.75 Å². The second-order valence-electron chi connectivity index (χ2n) is 5.40. The van der Waals surface area contributed by atoms with Gasteiger partial charge in [-0.3, -0.25) is 0 Å². The maximum Gasteiger partial charge on any atom is 0.243 e. The molecule has 1 heterocycles. The molecule has 1 aromatic carbocycles. The number of hydrogen-bond donors (Lipinski definition) is 1. The van der Waals surface area contributed by atoms with E-state index < -0.39 is 15.6 Å². The molecule has 7 heteroatoms. The van der Waals surface area contributed by atoms with Crippen molar-refractivity contribution in [1.82, 2.24) is 4.31 Å². The Hall–Kier alpha value is -1.15. The Morgan fingerprint density at radius 2 is 1.95 bits per heavy atom. The summed E-state index contributed by atoms with van der Waals surface area (Å²) in [4.78, 5) is 0.208. The van der Waals surface area contributed by atoms with E-state index in [2.05, 4.69) is 0 Å². The average Bonchev–Trinajstić information content (AvgIpc) is 2.81. The molecule has 1 aromatic rings. The summed E-state index contributed by atoms with van der Waals surface area (Å²) in [6, 6.07) is 6.28. The van der Waals surface area contributed by atoms with E-state index in [0.717, 1.165) is 0 Å². The summed E-state index contributed by atoms with van der Waals surface area (Å²) in [6.45, 7) is 3.00. The van der Waals surface area contributed by atoms with E-state index >= 15 is 0 Å². The lowest BCUT2D eigenvalue weighted by atomic mass is 10.1. The quantitative estimate of drug-likeness (QED) is 0.788. The smallest absolute Gasteiger partial charge is 0.243 e. The normalized spacial score (nSPS) is 23.4. The van der Waals surface area contributed by atoms with Crippen LogP contribution in [0.3, 0.4) is 0 Å². The van der Waals surface area contributed by atoms with Gasteiger partial charge in [0.1, 0.15) is 12.4 Å². The lowest BCUT2D eigenvalue weighted by Crippen LogP contribution is -2.33. The second-order valence-corrected chi connectivity index (χ2v) is 7.34. The molecule has 0 aliphatic carbocycles. The second kappa shape index (κ2) is 6.31. The van der Waals surface area contributed by atoms with Gasteiger partial charge in [-0.15, -0.1) is 0 Å². The molecule has 0 radical (unpaired) electrons. The predicted octanol–water partition coefficient (Wildman–Crippen LogP) is 0.857. The molecule has 1 saturated heterocycles. The molecule has 0 bridgehead atoms. The monoisotopic (exact) mass is 315 g/mol. The summed E-state index contributed by atoms with van der Waals surface area (Å²) < 4.78 is 36.5. The molecule has 0 spiro atoms. The number of aliphatic hydroxyl groups is 1. The van der Waals surface area contributed by atoms with Crippen molar-refractivity contribution in [3.8, 4) is 5.75 Å². The number of hydrogen-bond acceptors (Lipinski definition) is 5. The molecule has 0 aromatic heterocycles. The molecule has 0 saturated carbocycles. The van der Waals surface area contributed by atoms with Crippen molar-refractivity contribution < 1.29 is 23.0 Å². The van der Waals surface area contributed by atoms with Crippen molar-refractivity contribution in [3.05, 3.63) is 24.3 Å². The van der Waals surface area contributed by atoms with Crippen LogP contribution in [0, 0.1) is 0 Å². The molecule has 1 aliphatic heterocycles. The number of methoxy groups -OCH3 is 1. The fourth-order valence-electron chi connectivity index (χ4n) is 2.21. The van der Waals surface area contributed by atoms with E-state index in [4.69, 9.17) is 9.47 Å². The van der Waals surface area contributed by atoms with E-state index in [1.54, 1.807) is 26.2 Å². The van der Waals surface area contributed by atoms with Gasteiger partial charge in [0.25, 0.3) is 0 Å². The highest BCUT2D eigenvalue weighted by molar-refractivity contribution is 7.89. The SMILES string of the molecule is COCCOc1ccc(S(=O)(=O)N2CCC(C)(O)C2)cc1. The van der Waals surface area contributed by atoms with Gasteiger partial charge in [0.05, 0.1) is 17.1 Å². The Morgan fingerprint density at radius 3 is 2.48 bits per heavy atom. The molecular formula is C14H21NO5S. The summed E-state index contributed by atoms with van der Waals surface area (Å²) in [6.07, 6.45) is 0.449. The first-order chi connectivity index (χ1) is 9.85. The first-order valence-electron chi connectivity index (χ1n) is 6.79. The zero-order chi connectivity index (χ0) is 15.5. The fraction of sp³-hybridized carbons (Fsp3) is 0.571. The molecule has 118 valence electrons. The summed E-state index contributed by atoms with van der Waals surface area (Å²) in [5.74, 6) is 0.597.